The van der Waals surface area contributed by atoms with Gasteiger partial charge in [0, 0.05) is 30.3 Å². The van der Waals surface area contributed by atoms with Gasteiger partial charge in [-0.2, -0.15) is 18.3 Å². The smallest absolute Gasteiger partial charge is 0.418 e. The molecule has 2 aliphatic rings. The zero-order valence-corrected chi connectivity index (χ0v) is 22.5. The first-order valence-corrected chi connectivity index (χ1v) is 13.0. The van der Waals surface area contributed by atoms with E-state index < -0.39 is 66.6 Å². The molecule has 2 aromatic carbocycles. The molecule has 4 amide bonds. The number of nitrogens with zero attached hydrogens (tertiary/aromatic N) is 4. The highest BCUT2D eigenvalue weighted by Gasteiger charge is 2.61. The molecule has 5 rings (SSSR count). The number of nitrogens with two attached hydrogens (primary N) is 1. The van der Waals surface area contributed by atoms with Gasteiger partial charge in [0.05, 0.1) is 12.3 Å². The molecule has 43 heavy (non-hydrogen) atoms. The van der Waals surface area contributed by atoms with E-state index in [-0.39, 0.29) is 29.7 Å². The van der Waals surface area contributed by atoms with Crippen LogP contribution in [0.2, 0.25) is 0 Å². The SMILES string of the molecule is C[C@H](N(Cc1ccc(F)cc1)C(=O)CN1C(=O)O[C@]2(C[C@@H](O)c3cc(-c4cnn(CC(N)=O)c4)ccc32)C1=O)C(F)(F)F. The predicted octanol–water partition coefficient (Wildman–Crippen LogP) is 2.77. The van der Waals surface area contributed by atoms with E-state index in [0.717, 1.165) is 19.1 Å². The summed E-state index contributed by atoms with van der Waals surface area (Å²) in [6, 6.07) is 6.81. The Morgan fingerprint density at radius 2 is 1.86 bits per heavy atom. The number of alkyl halides is 3. The second-order valence-corrected chi connectivity index (χ2v) is 10.4. The maximum absolute atomic E-state index is 13.7. The van der Waals surface area contributed by atoms with E-state index in [1.807, 2.05) is 0 Å². The van der Waals surface area contributed by atoms with Crippen molar-refractivity contribution in [3.05, 3.63) is 77.4 Å². The minimum atomic E-state index is -4.84. The van der Waals surface area contributed by atoms with Crippen LogP contribution in [0.15, 0.2) is 54.9 Å². The average Bonchev–Trinajstić information content (AvgIpc) is 3.58. The number of rotatable bonds is 8. The number of aromatic nitrogens is 2. The molecule has 3 N–H and O–H groups in total. The Labute approximate surface area is 241 Å². The van der Waals surface area contributed by atoms with E-state index in [1.165, 1.54) is 29.1 Å². The molecule has 3 aromatic rings. The summed E-state index contributed by atoms with van der Waals surface area (Å²) in [6.45, 7) is -1.02. The van der Waals surface area contributed by atoms with Crippen molar-refractivity contribution >= 4 is 23.8 Å². The molecule has 1 fully saturated rings. The van der Waals surface area contributed by atoms with Crippen molar-refractivity contribution in [2.75, 3.05) is 6.54 Å². The molecule has 226 valence electrons. The highest BCUT2D eigenvalue weighted by Crippen LogP contribution is 2.50. The van der Waals surface area contributed by atoms with Crippen LogP contribution in [0, 0.1) is 5.82 Å². The second-order valence-electron chi connectivity index (χ2n) is 10.4. The number of aliphatic hydroxyl groups excluding tert-OH is 1. The summed E-state index contributed by atoms with van der Waals surface area (Å²) in [6.07, 6.45) is -4.71. The van der Waals surface area contributed by atoms with Gasteiger partial charge in [-0.25, -0.2) is 14.1 Å². The monoisotopic (exact) mass is 603 g/mol. The van der Waals surface area contributed by atoms with Crippen LogP contribution in [0.3, 0.4) is 0 Å². The van der Waals surface area contributed by atoms with Gasteiger partial charge in [-0.3, -0.25) is 19.1 Å². The summed E-state index contributed by atoms with van der Waals surface area (Å²) in [5.74, 6) is -3.42. The Bertz CT molecular complexity index is 1610. The van der Waals surface area contributed by atoms with Gasteiger partial charge in [-0.05, 0) is 41.8 Å². The van der Waals surface area contributed by atoms with Crippen LogP contribution in [0.1, 0.15) is 36.1 Å². The maximum Gasteiger partial charge on any atom is 0.418 e. The topological polar surface area (TPSA) is 148 Å². The van der Waals surface area contributed by atoms with Crippen LogP contribution < -0.4 is 5.73 Å². The Morgan fingerprint density at radius 3 is 2.51 bits per heavy atom. The van der Waals surface area contributed by atoms with Crippen molar-refractivity contribution in [2.24, 2.45) is 5.73 Å². The fourth-order valence-electron chi connectivity index (χ4n) is 5.25. The van der Waals surface area contributed by atoms with Crippen LogP contribution in [0.5, 0.6) is 0 Å². The van der Waals surface area contributed by atoms with Gasteiger partial charge in [0.25, 0.3) is 5.91 Å². The molecule has 1 aromatic heterocycles. The lowest BCUT2D eigenvalue weighted by Crippen LogP contribution is -2.51. The quantitative estimate of drug-likeness (QED) is 0.376. The van der Waals surface area contributed by atoms with Crippen molar-refractivity contribution in [3.8, 4) is 11.1 Å². The molecule has 2 heterocycles. The second kappa shape index (κ2) is 10.8. The van der Waals surface area contributed by atoms with Crippen molar-refractivity contribution in [1.29, 1.82) is 0 Å². The summed E-state index contributed by atoms with van der Waals surface area (Å²) in [4.78, 5) is 51.7. The van der Waals surface area contributed by atoms with Gasteiger partial charge < -0.3 is 20.5 Å². The molecule has 1 aliphatic heterocycles. The number of amides is 4. The summed E-state index contributed by atoms with van der Waals surface area (Å²) >= 11 is 0. The number of carbonyl (C=O) groups excluding carboxylic acids is 4. The normalized spacial score (nSPS) is 20.3. The molecule has 1 aliphatic carbocycles. The molecule has 11 nitrogen and oxygen atoms in total. The predicted molar refractivity (Wildman–Crippen MR) is 139 cm³/mol. The fraction of sp³-hybridized carbons (Fsp3) is 0.321. The van der Waals surface area contributed by atoms with Crippen LogP contribution in [0.4, 0.5) is 22.4 Å². The summed E-state index contributed by atoms with van der Waals surface area (Å²) in [7, 11) is 0. The Kier molecular flexibility index (Phi) is 7.46. The maximum atomic E-state index is 13.7. The summed E-state index contributed by atoms with van der Waals surface area (Å²) in [5, 5.41) is 14.9. The molecule has 15 heteroatoms. The van der Waals surface area contributed by atoms with Gasteiger partial charge in [0.15, 0.2) is 0 Å². The van der Waals surface area contributed by atoms with Gasteiger partial charge in [-0.15, -0.1) is 0 Å². The number of hydrogen-bond acceptors (Lipinski definition) is 7. The third-order valence-corrected chi connectivity index (χ3v) is 7.50. The van der Waals surface area contributed by atoms with Crippen LogP contribution in [0.25, 0.3) is 11.1 Å². The fourth-order valence-corrected chi connectivity index (χ4v) is 5.25. The van der Waals surface area contributed by atoms with Gasteiger partial charge in [-0.1, -0.05) is 24.3 Å². The molecular weight excluding hydrogens is 578 g/mol. The van der Waals surface area contributed by atoms with E-state index in [9.17, 15) is 41.8 Å². The van der Waals surface area contributed by atoms with Crippen LogP contribution in [-0.4, -0.2) is 67.3 Å². The summed E-state index contributed by atoms with van der Waals surface area (Å²) in [5.41, 5.74) is 4.95. The number of benzene rings is 2. The zero-order valence-electron chi connectivity index (χ0n) is 22.5. The lowest BCUT2D eigenvalue weighted by molar-refractivity contribution is -0.187. The third kappa shape index (κ3) is 5.55. The number of carbonyl (C=O) groups is 4. The molecule has 1 saturated heterocycles. The molecule has 1 spiro atoms. The molecular formula is C28H25F4N5O6. The van der Waals surface area contributed by atoms with Gasteiger partial charge in [0.2, 0.25) is 17.4 Å². The lowest BCUT2D eigenvalue weighted by atomic mass is 9.93. The van der Waals surface area contributed by atoms with E-state index in [0.29, 0.717) is 20.9 Å². The first kappa shape index (κ1) is 29.7. The summed E-state index contributed by atoms with van der Waals surface area (Å²) < 4.78 is 61.1. The number of imide groups is 1. The zero-order chi connectivity index (χ0) is 31.3. The van der Waals surface area contributed by atoms with E-state index in [4.69, 9.17) is 10.5 Å². The highest BCUT2D eigenvalue weighted by molar-refractivity contribution is 6.06. The van der Waals surface area contributed by atoms with E-state index in [1.54, 1.807) is 18.3 Å². The average molecular weight is 604 g/mol. The lowest BCUT2D eigenvalue weighted by Gasteiger charge is -2.31. The number of aliphatic hydroxyl groups is 1. The largest absolute Gasteiger partial charge is 0.427 e. The molecule has 0 saturated carbocycles. The van der Waals surface area contributed by atoms with Crippen molar-refractivity contribution in [2.45, 2.75) is 50.4 Å². The van der Waals surface area contributed by atoms with Crippen LogP contribution in [-0.2, 0) is 37.8 Å². The number of ether oxygens (including phenoxy) is 1. The number of hydrogen-bond donors (Lipinski definition) is 2. The molecule has 0 unspecified atom stereocenters. The minimum absolute atomic E-state index is 0.154. The minimum Gasteiger partial charge on any atom is -0.427 e. The third-order valence-electron chi connectivity index (χ3n) is 7.50. The van der Waals surface area contributed by atoms with E-state index in [2.05, 4.69) is 5.10 Å². The van der Waals surface area contributed by atoms with Gasteiger partial charge >= 0.3 is 12.3 Å². The Morgan fingerprint density at radius 1 is 1.16 bits per heavy atom. The Balaban J connectivity index is 1.39. The van der Waals surface area contributed by atoms with E-state index >= 15 is 0 Å². The van der Waals surface area contributed by atoms with Crippen molar-refractivity contribution < 1.29 is 46.6 Å². The first-order valence-electron chi connectivity index (χ1n) is 13.0. The number of halogens is 4. The Hall–Kier alpha value is -4.79. The van der Waals surface area contributed by atoms with Crippen molar-refractivity contribution in [3.63, 3.8) is 0 Å². The standard InChI is InChI=1S/C28H25F4N5O6/c1-15(28(30,31)32)36(11-16-2-5-19(29)6-3-16)24(40)14-37-25(41)27(43-26(37)42)9-22(38)20-8-17(4-7-21(20)27)18-10-34-35(12-18)13-23(33)39/h2-8,10,12,15,22,38H,9,11,13-14H2,1H3,(H2,33,39)/t15-,22+,27-/m0/s1. The first-order chi connectivity index (χ1) is 20.2. The number of primary amides is 1. The molecule has 0 radical (unpaired) electrons. The van der Waals surface area contributed by atoms with Crippen LogP contribution >= 0.6 is 0 Å². The highest BCUT2D eigenvalue weighted by atomic mass is 19.4. The number of fused-ring (bicyclic) bond motifs is 2. The van der Waals surface area contributed by atoms with Crippen molar-refractivity contribution in [1.82, 2.24) is 19.6 Å². The van der Waals surface area contributed by atoms with Gasteiger partial charge in [0.1, 0.15) is 24.9 Å². The molecule has 3 atom stereocenters. The molecule has 0 bridgehead atoms.